The number of ether oxygens (including phenoxy) is 1. The zero-order chi connectivity index (χ0) is 15.4. The van der Waals surface area contributed by atoms with Crippen molar-refractivity contribution in [3.8, 4) is 5.19 Å². The molecule has 0 unspecified atom stereocenters. The Morgan fingerprint density at radius 3 is 2.86 bits per heavy atom. The van der Waals surface area contributed by atoms with Gasteiger partial charge in [0.15, 0.2) is 0 Å². The Bertz CT molecular complexity index is 693. The molecule has 2 heterocycles. The van der Waals surface area contributed by atoms with Crippen molar-refractivity contribution in [1.29, 1.82) is 0 Å². The Hall–Kier alpha value is -2.22. The number of carbonyl (C=O) groups excluding carboxylic acids is 1. The third-order valence-corrected chi connectivity index (χ3v) is 3.43. The van der Waals surface area contributed by atoms with Crippen molar-refractivity contribution in [2.75, 3.05) is 12.4 Å². The van der Waals surface area contributed by atoms with Gasteiger partial charge in [-0.1, -0.05) is 18.9 Å². The summed E-state index contributed by atoms with van der Waals surface area (Å²) in [6.07, 6.45) is 1.67. The standard InChI is InChI=1S/C13H16N4O3S/c1-8(2)7-17-6-4-5-9(11(17)19)10(18)14-12-15-16-13(20-3)21-12/h4-6,8H,7H2,1-3H3,(H,14,15,18). The largest absolute Gasteiger partial charge is 0.472 e. The second kappa shape index (κ2) is 6.49. The van der Waals surface area contributed by atoms with Crippen molar-refractivity contribution < 1.29 is 9.53 Å². The molecule has 2 aromatic heterocycles. The van der Waals surface area contributed by atoms with Gasteiger partial charge in [0, 0.05) is 12.7 Å². The quantitative estimate of drug-likeness (QED) is 0.907. The fourth-order valence-corrected chi connectivity index (χ4v) is 2.31. The van der Waals surface area contributed by atoms with Crippen LogP contribution in [0.2, 0.25) is 0 Å². The topological polar surface area (TPSA) is 86.1 Å². The van der Waals surface area contributed by atoms with E-state index in [1.807, 2.05) is 13.8 Å². The van der Waals surface area contributed by atoms with Crippen molar-refractivity contribution >= 4 is 22.4 Å². The molecule has 112 valence electrons. The molecule has 1 N–H and O–H groups in total. The molecule has 0 fully saturated rings. The second-order valence-corrected chi connectivity index (χ2v) is 5.74. The molecule has 0 aliphatic carbocycles. The third kappa shape index (κ3) is 3.66. The summed E-state index contributed by atoms with van der Waals surface area (Å²) in [6.45, 7) is 4.58. The van der Waals surface area contributed by atoms with Crippen LogP contribution in [-0.2, 0) is 6.54 Å². The summed E-state index contributed by atoms with van der Waals surface area (Å²) >= 11 is 1.09. The Morgan fingerprint density at radius 2 is 2.24 bits per heavy atom. The van der Waals surface area contributed by atoms with E-state index in [9.17, 15) is 9.59 Å². The Morgan fingerprint density at radius 1 is 1.48 bits per heavy atom. The molecule has 0 saturated carbocycles. The van der Waals surface area contributed by atoms with Gasteiger partial charge in [-0.3, -0.25) is 14.9 Å². The summed E-state index contributed by atoms with van der Waals surface area (Å²) in [6, 6.07) is 3.17. The number of amides is 1. The molecule has 7 nitrogen and oxygen atoms in total. The summed E-state index contributed by atoms with van der Waals surface area (Å²) in [4.78, 5) is 24.4. The van der Waals surface area contributed by atoms with E-state index in [-0.39, 0.29) is 16.3 Å². The smallest absolute Gasteiger partial charge is 0.295 e. The molecule has 0 atom stereocenters. The number of carbonyl (C=O) groups is 1. The van der Waals surface area contributed by atoms with Crippen molar-refractivity contribution in [2.24, 2.45) is 5.92 Å². The number of pyridine rings is 1. The average molecular weight is 308 g/mol. The number of rotatable bonds is 5. The maximum Gasteiger partial charge on any atom is 0.295 e. The van der Waals surface area contributed by atoms with Crippen LogP contribution in [0.15, 0.2) is 23.1 Å². The summed E-state index contributed by atoms with van der Waals surface area (Å²) in [5.41, 5.74) is -0.243. The van der Waals surface area contributed by atoms with Crippen molar-refractivity contribution in [1.82, 2.24) is 14.8 Å². The van der Waals surface area contributed by atoms with E-state index in [1.54, 1.807) is 12.3 Å². The van der Waals surface area contributed by atoms with Crippen LogP contribution in [0.3, 0.4) is 0 Å². The molecule has 2 rings (SSSR count). The maximum atomic E-state index is 12.2. The van der Waals surface area contributed by atoms with E-state index in [1.165, 1.54) is 17.7 Å². The van der Waals surface area contributed by atoms with Gasteiger partial charge < -0.3 is 9.30 Å². The van der Waals surface area contributed by atoms with Crippen LogP contribution < -0.4 is 15.6 Å². The van der Waals surface area contributed by atoms with Gasteiger partial charge in [-0.05, 0) is 29.4 Å². The summed E-state index contributed by atoms with van der Waals surface area (Å²) in [5.74, 6) is -0.189. The molecule has 0 bridgehead atoms. The molecule has 8 heteroatoms. The van der Waals surface area contributed by atoms with E-state index >= 15 is 0 Å². The molecule has 21 heavy (non-hydrogen) atoms. The maximum absolute atomic E-state index is 12.2. The van der Waals surface area contributed by atoms with Gasteiger partial charge in [-0.25, -0.2) is 0 Å². The van der Waals surface area contributed by atoms with Crippen LogP contribution in [0.5, 0.6) is 5.19 Å². The zero-order valence-electron chi connectivity index (χ0n) is 12.0. The SMILES string of the molecule is COc1nnc(NC(=O)c2cccn(CC(C)C)c2=O)s1. The van der Waals surface area contributed by atoms with Gasteiger partial charge in [0.05, 0.1) is 7.11 Å². The van der Waals surface area contributed by atoms with E-state index in [0.717, 1.165) is 11.3 Å². The number of aromatic nitrogens is 3. The molecule has 0 aromatic carbocycles. The van der Waals surface area contributed by atoms with Crippen LogP contribution in [-0.4, -0.2) is 27.8 Å². The Labute approximate surface area is 125 Å². The van der Waals surface area contributed by atoms with Gasteiger partial charge >= 0.3 is 0 Å². The summed E-state index contributed by atoms with van der Waals surface area (Å²) < 4.78 is 6.42. The Kier molecular flexibility index (Phi) is 4.69. The number of methoxy groups -OCH3 is 1. The fourth-order valence-electron chi connectivity index (χ4n) is 1.75. The lowest BCUT2D eigenvalue weighted by Gasteiger charge is -2.09. The van der Waals surface area contributed by atoms with Crippen LogP contribution in [0.25, 0.3) is 0 Å². The molecule has 0 spiro atoms. The molecule has 0 radical (unpaired) electrons. The van der Waals surface area contributed by atoms with Crippen LogP contribution in [0.4, 0.5) is 5.13 Å². The number of nitrogens with one attached hydrogen (secondary N) is 1. The first-order valence-corrected chi connectivity index (χ1v) is 7.21. The minimum atomic E-state index is -0.503. The van der Waals surface area contributed by atoms with Gasteiger partial charge in [-0.15, -0.1) is 5.10 Å². The molecule has 2 aromatic rings. The average Bonchev–Trinajstić information content (AvgIpc) is 2.88. The van der Waals surface area contributed by atoms with Gasteiger partial charge in [-0.2, -0.15) is 0 Å². The minimum Gasteiger partial charge on any atom is -0.472 e. The summed E-state index contributed by atoms with van der Waals surface area (Å²) in [7, 11) is 1.47. The third-order valence-electron chi connectivity index (χ3n) is 2.63. The fraction of sp³-hybridized carbons (Fsp3) is 0.385. The lowest BCUT2D eigenvalue weighted by molar-refractivity contribution is 0.102. The molecule has 0 saturated heterocycles. The number of nitrogens with zero attached hydrogens (tertiary/aromatic N) is 3. The van der Waals surface area contributed by atoms with Crippen molar-refractivity contribution in [2.45, 2.75) is 20.4 Å². The number of hydrogen-bond acceptors (Lipinski definition) is 6. The van der Waals surface area contributed by atoms with E-state index in [0.29, 0.717) is 17.7 Å². The van der Waals surface area contributed by atoms with Gasteiger partial charge in [0.25, 0.3) is 16.7 Å². The zero-order valence-corrected chi connectivity index (χ0v) is 12.8. The van der Waals surface area contributed by atoms with Gasteiger partial charge in [0.2, 0.25) is 5.13 Å². The lowest BCUT2D eigenvalue weighted by atomic mass is 10.2. The molecule has 1 amide bonds. The van der Waals surface area contributed by atoms with Crippen molar-refractivity contribution in [3.05, 3.63) is 34.2 Å². The molecular formula is C13H16N4O3S. The van der Waals surface area contributed by atoms with E-state index < -0.39 is 5.91 Å². The predicted octanol–water partition coefficient (Wildman–Crippen LogP) is 1.62. The van der Waals surface area contributed by atoms with E-state index in [2.05, 4.69) is 15.5 Å². The highest BCUT2D eigenvalue weighted by Crippen LogP contribution is 2.21. The first-order chi connectivity index (χ1) is 10.0. The van der Waals surface area contributed by atoms with E-state index in [4.69, 9.17) is 4.74 Å². The monoisotopic (exact) mass is 308 g/mol. The normalized spacial score (nSPS) is 10.7. The molecule has 0 aliphatic rings. The number of anilines is 1. The van der Waals surface area contributed by atoms with Crippen LogP contribution in [0.1, 0.15) is 24.2 Å². The highest BCUT2D eigenvalue weighted by molar-refractivity contribution is 7.17. The molecule has 0 aliphatic heterocycles. The predicted molar refractivity (Wildman–Crippen MR) is 80.0 cm³/mol. The number of hydrogen-bond donors (Lipinski definition) is 1. The first-order valence-electron chi connectivity index (χ1n) is 6.39. The highest BCUT2D eigenvalue weighted by atomic mass is 32.1. The van der Waals surface area contributed by atoms with Crippen LogP contribution in [0, 0.1) is 5.92 Å². The highest BCUT2D eigenvalue weighted by Gasteiger charge is 2.15. The first kappa shape index (κ1) is 15.2. The Balaban J connectivity index is 2.21. The molecular weight excluding hydrogens is 292 g/mol. The van der Waals surface area contributed by atoms with Crippen LogP contribution >= 0.6 is 11.3 Å². The lowest BCUT2D eigenvalue weighted by Crippen LogP contribution is -2.29. The van der Waals surface area contributed by atoms with Gasteiger partial charge in [0.1, 0.15) is 5.56 Å². The summed E-state index contributed by atoms with van der Waals surface area (Å²) in [5, 5.41) is 10.6. The van der Waals surface area contributed by atoms with Crippen molar-refractivity contribution in [3.63, 3.8) is 0 Å². The minimum absolute atomic E-state index is 0.0762. The second-order valence-electron chi connectivity index (χ2n) is 4.80.